The van der Waals surface area contributed by atoms with Gasteiger partial charge in [-0.25, -0.2) is 0 Å². The van der Waals surface area contributed by atoms with Gasteiger partial charge < -0.3 is 10.1 Å². The molecule has 1 fully saturated rings. The van der Waals surface area contributed by atoms with Crippen LogP contribution in [0.3, 0.4) is 0 Å². The van der Waals surface area contributed by atoms with Crippen LogP contribution in [0.1, 0.15) is 16.7 Å². The first-order valence-electron chi connectivity index (χ1n) is 11.1. The quantitative estimate of drug-likeness (QED) is 0.376. The molecule has 1 unspecified atom stereocenters. The highest BCUT2D eigenvalue weighted by Gasteiger charge is 2.41. The van der Waals surface area contributed by atoms with E-state index in [1.54, 1.807) is 13.2 Å². The zero-order valence-corrected chi connectivity index (χ0v) is 20.6. The third kappa shape index (κ3) is 5.08. The predicted molar refractivity (Wildman–Crippen MR) is 139 cm³/mol. The number of carbonyl (C=O) groups excluding carboxylic acids is 2. The highest BCUT2D eigenvalue weighted by Crippen LogP contribution is 2.43. The van der Waals surface area contributed by atoms with Crippen molar-refractivity contribution in [3.8, 4) is 11.8 Å². The number of hydrogen-bond acceptors (Lipinski definition) is 5. The van der Waals surface area contributed by atoms with Crippen LogP contribution in [0.5, 0.6) is 5.75 Å². The van der Waals surface area contributed by atoms with E-state index in [4.69, 9.17) is 4.74 Å². The number of methoxy groups -OCH3 is 1. The molecule has 1 aliphatic rings. The molecule has 6 nitrogen and oxygen atoms in total. The van der Waals surface area contributed by atoms with Gasteiger partial charge in [0.15, 0.2) is 0 Å². The van der Waals surface area contributed by atoms with E-state index in [0.29, 0.717) is 22.8 Å². The van der Waals surface area contributed by atoms with Crippen LogP contribution in [-0.4, -0.2) is 24.2 Å². The number of anilines is 2. The fourth-order valence-corrected chi connectivity index (χ4v) is 5.19. The minimum atomic E-state index is -0.541. The Balaban J connectivity index is 1.73. The molecule has 0 saturated carbocycles. The Morgan fingerprint density at radius 3 is 2.31 bits per heavy atom. The van der Waals surface area contributed by atoms with Gasteiger partial charge in [0, 0.05) is 5.69 Å². The van der Waals surface area contributed by atoms with Crippen molar-refractivity contribution in [2.75, 3.05) is 17.3 Å². The summed E-state index contributed by atoms with van der Waals surface area (Å²) in [5, 5.41) is 12.7. The van der Waals surface area contributed by atoms with Crippen molar-refractivity contribution in [3.05, 3.63) is 100 Å². The van der Waals surface area contributed by atoms with Crippen LogP contribution in [0.25, 0.3) is 0 Å². The van der Waals surface area contributed by atoms with Crippen LogP contribution in [0.2, 0.25) is 0 Å². The van der Waals surface area contributed by atoms with Crippen molar-refractivity contribution < 1.29 is 14.3 Å². The standard InChI is InChI=1S/C28H25N3O3S/c1-18-8-4-6-10-23(18)30-26(32)22(17-29)28-31(24-11-7-5-9-19(24)2)27(33)25(35-28)16-20-12-14-21(34-3)15-13-20/h4-15,25H,16H2,1-3H3,(H,30,32). The van der Waals surface area contributed by atoms with Gasteiger partial charge >= 0.3 is 0 Å². The lowest BCUT2D eigenvalue weighted by Crippen LogP contribution is -2.31. The molecule has 4 rings (SSSR count). The number of thioether (sulfide) groups is 1. The summed E-state index contributed by atoms with van der Waals surface area (Å²) in [5.41, 5.74) is 3.91. The molecule has 176 valence electrons. The van der Waals surface area contributed by atoms with E-state index >= 15 is 0 Å². The van der Waals surface area contributed by atoms with Crippen LogP contribution in [0.4, 0.5) is 11.4 Å². The Hall–Kier alpha value is -4.02. The largest absolute Gasteiger partial charge is 0.497 e. The summed E-state index contributed by atoms with van der Waals surface area (Å²) in [6.07, 6.45) is 0.456. The zero-order chi connectivity index (χ0) is 24.9. The molecule has 0 aromatic heterocycles. The highest BCUT2D eigenvalue weighted by atomic mass is 32.2. The van der Waals surface area contributed by atoms with Crippen LogP contribution >= 0.6 is 11.8 Å². The number of aryl methyl sites for hydroxylation is 2. The third-order valence-electron chi connectivity index (χ3n) is 5.84. The fourth-order valence-electron chi connectivity index (χ4n) is 3.89. The molecule has 1 atom stereocenters. The maximum absolute atomic E-state index is 13.7. The fraction of sp³-hybridized carbons (Fsp3) is 0.179. The maximum Gasteiger partial charge on any atom is 0.269 e. The summed E-state index contributed by atoms with van der Waals surface area (Å²) in [7, 11) is 1.61. The molecule has 35 heavy (non-hydrogen) atoms. The Labute approximate surface area is 209 Å². The van der Waals surface area contributed by atoms with Crippen molar-refractivity contribution in [1.82, 2.24) is 0 Å². The predicted octanol–water partition coefficient (Wildman–Crippen LogP) is 5.38. The average Bonchev–Trinajstić information content (AvgIpc) is 3.17. The van der Waals surface area contributed by atoms with Gasteiger partial charge in [0.25, 0.3) is 5.91 Å². The van der Waals surface area contributed by atoms with E-state index < -0.39 is 11.2 Å². The van der Waals surface area contributed by atoms with Gasteiger partial charge in [-0.05, 0) is 61.2 Å². The van der Waals surface area contributed by atoms with Gasteiger partial charge in [0.05, 0.1) is 18.0 Å². The lowest BCUT2D eigenvalue weighted by Gasteiger charge is -2.20. The summed E-state index contributed by atoms with van der Waals surface area (Å²) < 4.78 is 5.23. The van der Waals surface area contributed by atoms with E-state index in [-0.39, 0.29) is 11.5 Å². The number of hydrogen-bond donors (Lipinski definition) is 1. The Kier molecular flexibility index (Phi) is 7.23. The number of nitrogens with zero attached hydrogens (tertiary/aromatic N) is 2. The van der Waals surface area contributed by atoms with Gasteiger partial charge in [-0.3, -0.25) is 14.5 Å². The van der Waals surface area contributed by atoms with E-state index in [9.17, 15) is 14.9 Å². The molecule has 0 aliphatic carbocycles. The van der Waals surface area contributed by atoms with E-state index in [1.807, 2.05) is 80.6 Å². The number of nitrogens with one attached hydrogen (secondary N) is 1. The van der Waals surface area contributed by atoms with Crippen LogP contribution < -0.4 is 15.0 Å². The van der Waals surface area contributed by atoms with E-state index in [1.165, 1.54) is 16.7 Å². The summed E-state index contributed by atoms with van der Waals surface area (Å²) in [6.45, 7) is 3.79. The smallest absolute Gasteiger partial charge is 0.269 e. The van der Waals surface area contributed by atoms with Crippen molar-refractivity contribution in [2.24, 2.45) is 0 Å². The molecule has 3 aromatic rings. The molecule has 3 aromatic carbocycles. The van der Waals surface area contributed by atoms with Gasteiger partial charge in [-0.15, -0.1) is 0 Å². The molecular formula is C28H25N3O3S. The number of nitriles is 1. The third-order valence-corrected chi connectivity index (χ3v) is 7.10. The molecule has 2 amide bonds. The molecule has 1 aliphatic heterocycles. The summed E-state index contributed by atoms with van der Waals surface area (Å²) in [5.74, 6) is 0.0354. The van der Waals surface area contributed by atoms with Crippen molar-refractivity contribution in [2.45, 2.75) is 25.5 Å². The molecule has 1 saturated heterocycles. The first-order valence-corrected chi connectivity index (χ1v) is 12.0. The van der Waals surface area contributed by atoms with Crippen LogP contribution in [-0.2, 0) is 16.0 Å². The van der Waals surface area contributed by atoms with Crippen molar-refractivity contribution in [1.29, 1.82) is 5.26 Å². The number of ether oxygens (including phenoxy) is 1. The molecular weight excluding hydrogens is 458 g/mol. The minimum absolute atomic E-state index is 0.0907. The molecule has 1 N–H and O–H groups in total. The second-order valence-electron chi connectivity index (χ2n) is 8.18. The van der Waals surface area contributed by atoms with Gasteiger partial charge in [-0.2, -0.15) is 5.26 Å². The van der Waals surface area contributed by atoms with Crippen molar-refractivity contribution in [3.63, 3.8) is 0 Å². The number of rotatable bonds is 6. The normalized spacial score (nSPS) is 16.6. The van der Waals surface area contributed by atoms with Gasteiger partial charge in [-0.1, -0.05) is 60.3 Å². The zero-order valence-electron chi connectivity index (χ0n) is 19.7. The number of carbonyl (C=O) groups is 2. The van der Waals surface area contributed by atoms with Crippen LogP contribution in [0, 0.1) is 25.2 Å². The molecule has 0 radical (unpaired) electrons. The van der Waals surface area contributed by atoms with Gasteiger partial charge in [0.2, 0.25) is 5.91 Å². The van der Waals surface area contributed by atoms with E-state index in [2.05, 4.69) is 11.4 Å². The Bertz CT molecular complexity index is 1340. The average molecular weight is 484 g/mol. The monoisotopic (exact) mass is 483 g/mol. The topological polar surface area (TPSA) is 82.4 Å². The maximum atomic E-state index is 13.7. The first kappa shape index (κ1) is 24.1. The summed E-state index contributed by atoms with van der Waals surface area (Å²) in [6, 6.07) is 24.4. The number of amides is 2. The summed E-state index contributed by atoms with van der Waals surface area (Å²) >= 11 is 1.25. The lowest BCUT2D eigenvalue weighted by atomic mass is 10.1. The Morgan fingerprint density at radius 1 is 1.03 bits per heavy atom. The van der Waals surface area contributed by atoms with Gasteiger partial charge in [0.1, 0.15) is 22.4 Å². The molecule has 7 heteroatoms. The summed E-state index contributed by atoms with van der Waals surface area (Å²) in [4.78, 5) is 28.4. The molecule has 0 bridgehead atoms. The molecule has 0 spiro atoms. The van der Waals surface area contributed by atoms with Crippen molar-refractivity contribution >= 4 is 35.0 Å². The second kappa shape index (κ2) is 10.5. The first-order chi connectivity index (χ1) is 16.9. The molecule has 1 heterocycles. The second-order valence-corrected chi connectivity index (χ2v) is 9.37. The highest BCUT2D eigenvalue weighted by molar-refractivity contribution is 8.05. The number of para-hydroxylation sites is 2. The SMILES string of the molecule is COc1ccc(CC2SC(=C(C#N)C(=O)Nc3ccccc3C)N(c3ccccc3C)C2=O)cc1. The number of benzene rings is 3. The minimum Gasteiger partial charge on any atom is -0.497 e. The van der Waals surface area contributed by atoms with E-state index in [0.717, 1.165) is 22.4 Å². The van der Waals surface area contributed by atoms with Crippen LogP contribution in [0.15, 0.2) is 83.4 Å². The lowest BCUT2D eigenvalue weighted by molar-refractivity contribution is -0.117. The Morgan fingerprint density at radius 2 is 1.69 bits per heavy atom.